The quantitative estimate of drug-likeness (QED) is 0.673. The Morgan fingerprint density at radius 1 is 1.18 bits per heavy atom. The van der Waals surface area contributed by atoms with Gasteiger partial charge in [0.2, 0.25) is 5.91 Å². The lowest BCUT2D eigenvalue weighted by Gasteiger charge is -2.21. The number of halogens is 3. The van der Waals surface area contributed by atoms with Gasteiger partial charge in [-0.25, -0.2) is 0 Å². The Hall–Kier alpha value is -2.74. The third-order valence-corrected chi connectivity index (χ3v) is 4.20. The number of aliphatic hydroxyl groups excluding tert-OH is 1. The third-order valence-electron chi connectivity index (χ3n) is 4.20. The topological polar surface area (TPSA) is 75.8 Å². The maximum absolute atomic E-state index is 12.5. The number of hydrogen-bond acceptors (Lipinski definition) is 4. The number of para-hydroxylation sites is 1. The average Bonchev–Trinajstić information content (AvgIpc) is 2.65. The van der Waals surface area contributed by atoms with E-state index in [9.17, 15) is 23.1 Å². The van der Waals surface area contributed by atoms with Crippen molar-refractivity contribution >= 4 is 11.6 Å². The smallest absolute Gasteiger partial charge is 0.416 e. The van der Waals surface area contributed by atoms with Crippen molar-refractivity contribution in [3.8, 4) is 5.75 Å². The van der Waals surface area contributed by atoms with Crippen molar-refractivity contribution in [2.45, 2.75) is 25.1 Å². The molecule has 1 atom stereocenters. The normalized spacial score (nSPS) is 12.5. The van der Waals surface area contributed by atoms with Crippen molar-refractivity contribution in [3.05, 3.63) is 59.7 Å². The summed E-state index contributed by atoms with van der Waals surface area (Å²) in [6, 6.07) is 11.5. The summed E-state index contributed by atoms with van der Waals surface area (Å²) in [5.41, 5.74) is 6.59. The number of aryl methyl sites for hydroxylation is 1. The number of nitrogens with two attached hydrogens (primary N) is 1. The number of nitrogen functional groups attached to an aromatic ring is 1. The fourth-order valence-corrected chi connectivity index (χ4v) is 2.60. The third kappa shape index (κ3) is 6.45. The van der Waals surface area contributed by atoms with Gasteiger partial charge >= 0.3 is 6.18 Å². The van der Waals surface area contributed by atoms with Gasteiger partial charge in [0.25, 0.3) is 0 Å². The first-order valence-corrected chi connectivity index (χ1v) is 8.72. The lowest BCUT2D eigenvalue weighted by molar-refractivity contribution is -0.137. The van der Waals surface area contributed by atoms with E-state index < -0.39 is 17.8 Å². The van der Waals surface area contributed by atoms with E-state index in [1.807, 2.05) is 18.2 Å². The molecule has 28 heavy (non-hydrogen) atoms. The van der Waals surface area contributed by atoms with Gasteiger partial charge in [0, 0.05) is 25.7 Å². The molecule has 3 N–H and O–H groups in total. The molecule has 1 unspecified atom stereocenters. The molecule has 0 radical (unpaired) electrons. The van der Waals surface area contributed by atoms with Crippen molar-refractivity contribution in [1.29, 1.82) is 0 Å². The van der Waals surface area contributed by atoms with Gasteiger partial charge in [-0.1, -0.05) is 18.2 Å². The van der Waals surface area contributed by atoms with Crippen molar-refractivity contribution in [2.75, 3.05) is 25.9 Å². The molecule has 0 aliphatic rings. The van der Waals surface area contributed by atoms with E-state index in [2.05, 4.69) is 0 Å². The van der Waals surface area contributed by atoms with Crippen LogP contribution in [0.15, 0.2) is 48.5 Å². The SMILES string of the molecule is CN(CC(O)COc1ccc(C(F)(F)F)cc1)C(=O)CCc1ccccc1N. The number of amides is 1. The molecule has 1 amide bonds. The maximum Gasteiger partial charge on any atom is 0.416 e. The molecule has 0 heterocycles. The van der Waals surface area contributed by atoms with Gasteiger partial charge in [-0.05, 0) is 42.3 Å². The predicted octanol–water partition coefficient (Wildman–Crippen LogP) is 3.12. The van der Waals surface area contributed by atoms with Crippen LogP contribution in [0, 0.1) is 0 Å². The molecule has 0 fully saturated rings. The first-order chi connectivity index (χ1) is 13.2. The molecule has 8 heteroatoms. The molecule has 0 spiro atoms. The number of benzene rings is 2. The minimum absolute atomic E-state index is 0.0454. The van der Waals surface area contributed by atoms with Crippen LogP contribution >= 0.6 is 0 Å². The Labute approximate surface area is 161 Å². The molecule has 0 saturated carbocycles. The zero-order chi connectivity index (χ0) is 20.7. The Morgan fingerprint density at radius 2 is 1.82 bits per heavy atom. The van der Waals surface area contributed by atoms with Crippen LogP contribution in [0.5, 0.6) is 5.75 Å². The Morgan fingerprint density at radius 3 is 2.43 bits per heavy atom. The zero-order valence-corrected chi connectivity index (χ0v) is 15.4. The molecule has 2 rings (SSSR count). The number of anilines is 1. The number of nitrogens with zero attached hydrogens (tertiary/aromatic N) is 1. The molecule has 2 aromatic carbocycles. The van der Waals surface area contributed by atoms with Crippen molar-refractivity contribution in [3.63, 3.8) is 0 Å². The summed E-state index contributed by atoms with van der Waals surface area (Å²) in [5.74, 6) is 0.0532. The summed E-state index contributed by atoms with van der Waals surface area (Å²) < 4.78 is 42.9. The summed E-state index contributed by atoms with van der Waals surface area (Å²) in [6.07, 6.45) is -4.64. The summed E-state index contributed by atoms with van der Waals surface area (Å²) in [7, 11) is 1.57. The molecule has 2 aromatic rings. The summed E-state index contributed by atoms with van der Waals surface area (Å²) in [5, 5.41) is 10.0. The highest BCUT2D eigenvalue weighted by Crippen LogP contribution is 2.30. The van der Waals surface area contributed by atoms with Gasteiger partial charge in [-0.2, -0.15) is 13.2 Å². The standard InChI is InChI=1S/C20H23F3N2O3/c1-25(19(27)11-6-14-4-2-3-5-18(14)24)12-16(26)13-28-17-9-7-15(8-10-17)20(21,22)23/h2-5,7-10,16,26H,6,11-13,24H2,1H3. The second-order valence-corrected chi connectivity index (χ2v) is 6.46. The van der Waals surface area contributed by atoms with Crippen LogP contribution in [0.2, 0.25) is 0 Å². The van der Waals surface area contributed by atoms with Gasteiger partial charge in [0.05, 0.1) is 5.56 Å². The van der Waals surface area contributed by atoms with E-state index in [4.69, 9.17) is 10.5 Å². The molecule has 0 saturated heterocycles. The summed E-state index contributed by atoms with van der Waals surface area (Å²) in [6.45, 7) is -0.0989. The lowest BCUT2D eigenvalue weighted by atomic mass is 10.1. The monoisotopic (exact) mass is 396 g/mol. The number of ether oxygens (including phenoxy) is 1. The van der Waals surface area contributed by atoms with Crippen LogP contribution in [-0.4, -0.2) is 42.2 Å². The van der Waals surface area contributed by atoms with E-state index in [0.717, 1.165) is 17.7 Å². The molecule has 5 nitrogen and oxygen atoms in total. The van der Waals surface area contributed by atoms with Crippen molar-refractivity contribution in [1.82, 2.24) is 4.90 Å². The van der Waals surface area contributed by atoms with E-state index in [1.54, 1.807) is 13.1 Å². The van der Waals surface area contributed by atoms with Crippen molar-refractivity contribution in [2.24, 2.45) is 0 Å². The Bertz CT molecular complexity index is 779. The van der Waals surface area contributed by atoms with Crippen LogP contribution in [0.25, 0.3) is 0 Å². The van der Waals surface area contributed by atoms with E-state index in [0.29, 0.717) is 12.1 Å². The number of carbonyl (C=O) groups excluding carboxylic acids is 1. The van der Waals surface area contributed by atoms with Crippen LogP contribution in [0.4, 0.5) is 18.9 Å². The van der Waals surface area contributed by atoms with Crippen LogP contribution in [0.3, 0.4) is 0 Å². The lowest BCUT2D eigenvalue weighted by Crippen LogP contribution is -2.37. The minimum Gasteiger partial charge on any atom is -0.491 e. The molecule has 0 aliphatic carbocycles. The van der Waals surface area contributed by atoms with Gasteiger partial charge < -0.3 is 20.5 Å². The Balaban J connectivity index is 1.76. The molecule has 0 aliphatic heterocycles. The molecule has 0 aromatic heterocycles. The number of aliphatic hydroxyl groups is 1. The van der Waals surface area contributed by atoms with Gasteiger partial charge in [-0.15, -0.1) is 0 Å². The number of alkyl halides is 3. The minimum atomic E-state index is -4.41. The Kier molecular flexibility index (Phi) is 7.28. The first-order valence-electron chi connectivity index (χ1n) is 8.72. The zero-order valence-electron chi connectivity index (χ0n) is 15.4. The molecular formula is C20H23F3N2O3. The van der Waals surface area contributed by atoms with Crippen LogP contribution < -0.4 is 10.5 Å². The van der Waals surface area contributed by atoms with Crippen LogP contribution in [-0.2, 0) is 17.4 Å². The van der Waals surface area contributed by atoms with E-state index in [-0.39, 0.29) is 31.2 Å². The fourth-order valence-electron chi connectivity index (χ4n) is 2.60. The number of hydrogen-bond donors (Lipinski definition) is 2. The highest BCUT2D eigenvalue weighted by molar-refractivity contribution is 5.76. The second-order valence-electron chi connectivity index (χ2n) is 6.46. The molecule has 152 valence electrons. The fraction of sp³-hybridized carbons (Fsp3) is 0.350. The van der Waals surface area contributed by atoms with E-state index in [1.165, 1.54) is 17.0 Å². The summed E-state index contributed by atoms with van der Waals surface area (Å²) in [4.78, 5) is 13.6. The highest BCUT2D eigenvalue weighted by Gasteiger charge is 2.30. The largest absolute Gasteiger partial charge is 0.491 e. The second kappa shape index (κ2) is 9.45. The van der Waals surface area contributed by atoms with Crippen LogP contribution in [0.1, 0.15) is 17.5 Å². The molecular weight excluding hydrogens is 373 g/mol. The van der Waals surface area contributed by atoms with Gasteiger partial charge in [-0.3, -0.25) is 4.79 Å². The average molecular weight is 396 g/mol. The maximum atomic E-state index is 12.5. The predicted molar refractivity (Wildman–Crippen MR) is 99.8 cm³/mol. The van der Waals surface area contributed by atoms with Crippen molar-refractivity contribution < 1.29 is 27.8 Å². The number of rotatable bonds is 8. The first kappa shape index (κ1) is 21.6. The van der Waals surface area contributed by atoms with Gasteiger partial charge in [0.1, 0.15) is 18.5 Å². The number of likely N-dealkylation sites (N-methyl/N-ethyl adjacent to an activating group) is 1. The number of carbonyl (C=O) groups is 1. The molecule has 0 bridgehead atoms. The van der Waals surface area contributed by atoms with E-state index >= 15 is 0 Å². The highest BCUT2D eigenvalue weighted by atomic mass is 19.4. The summed E-state index contributed by atoms with van der Waals surface area (Å²) >= 11 is 0. The van der Waals surface area contributed by atoms with Gasteiger partial charge in [0.15, 0.2) is 0 Å².